The molecule has 1 amide bonds. The molecule has 144 valence electrons. The van der Waals surface area contributed by atoms with Gasteiger partial charge < -0.3 is 20.4 Å². The number of aryl methyl sites for hydroxylation is 1. The van der Waals surface area contributed by atoms with Crippen molar-refractivity contribution >= 4 is 22.8 Å². The number of nitrogens with two attached hydrogens (primary N) is 1. The number of carbonyl (C=O) groups is 1. The topological polar surface area (TPSA) is 82.2 Å². The van der Waals surface area contributed by atoms with Crippen molar-refractivity contribution in [2.24, 2.45) is 12.5 Å². The minimum Gasteiger partial charge on any atom is -0.444 e. The number of nitrogens with zero attached hydrogens (tertiary/aromatic N) is 2. The SMILES string of the molecule is CC(CC(C)(C)Cc1nc2cc(N)ccc2n1C)NC(=O)OC(C)(C)C. The summed E-state index contributed by atoms with van der Waals surface area (Å²) in [7, 11) is 2.03. The number of fused-ring (bicyclic) bond motifs is 1. The van der Waals surface area contributed by atoms with Crippen LogP contribution in [0.4, 0.5) is 10.5 Å². The number of alkyl carbamates (subject to hydrolysis) is 1. The number of amides is 1. The largest absolute Gasteiger partial charge is 0.444 e. The van der Waals surface area contributed by atoms with Gasteiger partial charge in [-0.15, -0.1) is 0 Å². The lowest BCUT2D eigenvalue weighted by atomic mass is 9.82. The van der Waals surface area contributed by atoms with Crippen LogP contribution in [0.3, 0.4) is 0 Å². The van der Waals surface area contributed by atoms with Crippen molar-refractivity contribution in [1.82, 2.24) is 14.9 Å². The van der Waals surface area contributed by atoms with Gasteiger partial charge in [-0.2, -0.15) is 0 Å². The number of ether oxygens (including phenoxy) is 1. The Balaban J connectivity index is 2.04. The first-order valence-electron chi connectivity index (χ1n) is 9.07. The Morgan fingerprint density at radius 2 is 1.96 bits per heavy atom. The summed E-state index contributed by atoms with van der Waals surface area (Å²) in [6.45, 7) is 12.0. The smallest absolute Gasteiger partial charge is 0.407 e. The second kappa shape index (κ2) is 7.17. The van der Waals surface area contributed by atoms with Gasteiger partial charge in [-0.1, -0.05) is 13.8 Å². The maximum atomic E-state index is 12.0. The number of nitrogens with one attached hydrogen (secondary N) is 1. The molecule has 1 unspecified atom stereocenters. The summed E-state index contributed by atoms with van der Waals surface area (Å²) in [5.74, 6) is 1.01. The highest BCUT2D eigenvalue weighted by molar-refractivity contribution is 5.79. The monoisotopic (exact) mass is 360 g/mol. The van der Waals surface area contributed by atoms with Crippen LogP contribution in [0.5, 0.6) is 0 Å². The average Bonchev–Trinajstić information content (AvgIpc) is 2.70. The fourth-order valence-corrected chi connectivity index (χ4v) is 3.31. The maximum absolute atomic E-state index is 12.0. The summed E-state index contributed by atoms with van der Waals surface area (Å²) in [6.07, 6.45) is 1.25. The molecule has 3 N–H and O–H groups in total. The quantitative estimate of drug-likeness (QED) is 0.789. The lowest BCUT2D eigenvalue weighted by Crippen LogP contribution is -2.40. The first kappa shape index (κ1) is 20.1. The van der Waals surface area contributed by atoms with Crippen molar-refractivity contribution in [3.05, 3.63) is 24.0 Å². The molecule has 0 fully saturated rings. The van der Waals surface area contributed by atoms with Crippen molar-refractivity contribution in [3.63, 3.8) is 0 Å². The van der Waals surface area contributed by atoms with E-state index in [1.165, 1.54) is 0 Å². The van der Waals surface area contributed by atoms with E-state index in [-0.39, 0.29) is 17.6 Å². The number of benzene rings is 1. The molecule has 2 rings (SSSR count). The Kier molecular flexibility index (Phi) is 5.54. The molecule has 0 spiro atoms. The molecule has 6 heteroatoms. The molecule has 1 aromatic heterocycles. The van der Waals surface area contributed by atoms with Gasteiger partial charge in [-0.3, -0.25) is 0 Å². The standard InChI is InChI=1S/C20H32N4O2/c1-13(22-18(25)26-19(2,3)4)11-20(5,6)12-17-23-15-10-14(21)8-9-16(15)24(17)7/h8-10,13H,11-12,21H2,1-7H3,(H,22,25). The molecule has 0 aliphatic carbocycles. The molecule has 6 nitrogen and oxygen atoms in total. The zero-order valence-electron chi connectivity index (χ0n) is 17.0. The van der Waals surface area contributed by atoms with E-state index in [0.29, 0.717) is 0 Å². The van der Waals surface area contributed by atoms with Crippen LogP contribution in [-0.4, -0.2) is 27.3 Å². The predicted octanol–water partition coefficient (Wildman–Crippen LogP) is 4.03. The van der Waals surface area contributed by atoms with E-state index in [0.717, 1.165) is 35.4 Å². The number of rotatable bonds is 5. The summed E-state index contributed by atoms with van der Waals surface area (Å²) < 4.78 is 7.45. The van der Waals surface area contributed by atoms with Crippen LogP contribution in [0, 0.1) is 5.41 Å². The van der Waals surface area contributed by atoms with E-state index < -0.39 is 5.60 Å². The van der Waals surface area contributed by atoms with Gasteiger partial charge in [0.1, 0.15) is 11.4 Å². The third kappa shape index (κ3) is 5.38. The lowest BCUT2D eigenvalue weighted by molar-refractivity contribution is 0.0496. The van der Waals surface area contributed by atoms with E-state index in [1.807, 2.05) is 52.9 Å². The number of aromatic nitrogens is 2. The number of imidazole rings is 1. The number of nitrogen functional groups attached to an aromatic ring is 1. The third-order valence-corrected chi connectivity index (χ3v) is 4.26. The highest BCUT2D eigenvalue weighted by atomic mass is 16.6. The van der Waals surface area contributed by atoms with Gasteiger partial charge >= 0.3 is 6.09 Å². The van der Waals surface area contributed by atoms with Crippen molar-refractivity contribution in [3.8, 4) is 0 Å². The second-order valence-corrected chi connectivity index (χ2v) is 8.93. The minimum absolute atomic E-state index is 0.00480. The second-order valence-electron chi connectivity index (χ2n) is 8.93. The Morgan fingerprint density at radius 3 is 2.58 bits per heavy atom. The van der Waals surface area contributed by atoms with Gasteiger partial charge in [0.15, 0.2) is 0 Å². The normalized spacial score (nSPS) is 13.7. The molecule has 0 bridgehead atoms. The first-order valence-corrected chi connectivity index (χ1v) is 9.07. The summed E-state index contributed by atoms with van der Waals surface area (Å²) >= 11 is 0. The van der Waals surface area contributed by atoms with Crippen LogP contribution in [-0.2, 0) is 18.2 Å². The molecule has 1 aromatic carbocycles. The van der Waals surface area contributed by atoms with Gasteiger partial charge in [-0.05, 0) is 57.7 Å². The summed E-state index contributed by atoms with van der Waals surface area (Å²) in [5.41, 5.74) is 8.05. The lowest BCUT2D eigenvalue weighted by Gasteiger charge is -2.29. The summed E-state index contributed by atoms with van der Waals surface area (Å²) in [5, 5.41) is 2.92. The van der Waals surface area contributed by atoms with Gasteiger partial charge in [0, 0.05) is 25.2 Å². The van der Waals surface area contributed by atoms with Crippen LogP contribution in [0.1, 0.15) is 53.8 Å². The fourth-order valence-electron chi connectivity index (χ4n) is 3.31. The van der Waals surface area contributed by atoms with E-state index in [9.17, 15) is 4.79 Å². The van der Waals surface area contributed by atoms with Crippen molar-refractivity contribution in [2.45, 2.75) is 66.0 Å². The Hall–Kier alpha value is -2.24. The molecule has 26 heavy (non-hydrogen) atoms. The van der Waals surface area contributed by atoms with Crippen LogP contribution in [0.25, 0.3) is 11.0 Å². The maximum Gasteiger partial charge on any atom is 0.407 e. The molecule has 1 atom stereocenters. The van der Waals surface area contributed by atoms with Crippen LogP contribution < -0.4 is 11.1 Å². The number of hydrogen-bond donors (Lipinski definition) is 2. The van der Waals surface area contributed by atoms with Crippen LogP contribution in [0.15, 0.2) is 18.2 Å². The summed E-state index contributed by atoms with van der Waals surface area (Å²) in [4.78, 5) is 16.7. The minimum atomic E-state index is -0.492. The summed E-state index contributed by atoms with van der Waals surface area (Å²) in [6, 6.07) is 5.80. The molecule has 0 radical (unpaired) electrons. The zero-order valence-corrected chi connectivity index (χ0v) is 17.0. The average molecular weight is 361 g/mol. The molecular weight excluding hydrogens is 328 g/mol. The Labute approximate surface area is 156 Å². The van der Waals surface area contributed by atoms with E-state index in [1.54, 1.807) is 0 Å². The van der Waals surface area contributed by atoms with Gasteiger partial charge in [0.2, 0.25) is 0 Å². The van der Waals surface area contributed by atoms with Crippen molar-refractivity contribution in [1.29, 1.82) is 0 Å². The van der Waals surface area contributed by atoms with E-state index >= 15 is 0 Å². The molecule has 1 heterocycles. The molecule has 0 saturated carbocycles. The zero-order chi connectivity index (χ0) is 19.7. The number of hydrogen-bond acceptors (Lipinski definition) is 4. The van der Waals surface area contributed by atoms with Crippen LogP contribution >= 0.6 is 0 Å². The number of anilines is 1. The Bertz CT molecular complexity index is 787. The third-order valence-electron chi connectivity index (χ3n) is 4.26. The molecule has 2 aromatic rings. The van der Waals surface area contributed by atoms with Crippen LogP contribution in [0.2, 0.25) is 0 Å². The number of carbonyl (C=O) groups excluding carboxylic acids is 1. The molecule has 0 saturated heterocycles. The highest BCUT2D eigenvalue weighted by Crippen LogP contribution is 2.29. The predicted molar refractivity (Wildman–Crippen MR) is 106 cm³/mol. The van der Waals surface area contributed by atoms with Gasteiger partial charge in [-0.25, -0.2) is 9.78 Å². The van der Waals surface area contributed by atoms with Crippen molar-refractivity contribution < 1.29 is 9.53 Å². The Morgan fingerprint density at radius 1 is 1.31 bits per heavy atom. The van der Waals surface area contributed by atoms with Crippen molar-refractivity contribution in [2.75, 3.05) is 5.73 Å². The molecular formula is C20H32N4O2. The molecule has 0 aliphatic rings. The fraction of sp³-hybridized carbons (Fsp3) is 0.600. The highest BCUT2D eigenvalue weighted by Gasteiger charge is 2.26. The van der Waals surface area contributed by atoms with Gasteiger partial charge in [0.05, 0.1) is 11.0 Å². The first-order chi connectivity index (χ1) is 11.9. The van der Waals surface area contributed by atoms with Gasteiger partial charge in [0.25, 0.3) is 0 Å². The van der Waals surface area contributed by atoms with E-state index in [4.69, 9.17) is 15.5 Å². The van der Waals surface area contributed by atoms with E-state index in [2.05, 4.69) is 23.7 Å². The molecule has 0 aliphatic heterocycles.